The summed E-state index contributed by atoms with van der Waals surface area (Å²) in [6, 6.07) is 20.9. The first-order valence-electron chi connectivity index (χ1n) is 17.9. The summed E-state index contributed by atoms with van der Waals surface area (Å²) in [4.78, 5) is 72.2. The van der Waals surface area contributed by atoms with Gasteiger partial charge in [0.1, 0.15) is 24.8 Å². The van der Waals surface area contributed by atoms with Crippen LogP contribution < -0.4 is 43.3 Å². The van der Waals surface area contributed by atoms with Gasteiger partial charge in [-0.1, -0.05) is 49.4 Å². The summed E-state index contributed by atoms with van der Waals surface area (Å²) in [6.45, 7) is 5.55. The summed E-state index contributed by atoms with van der Waals surface area (Å²) in [5.41, 5.74) is 7.76. The molecule has 1 aliphatic heterocycles. The van der Waals surface area contributed by atoms with Gasteiger partial charge in [0.2, 0.25) is 11.8 Å². The molecule has 0 aliphatic carbocycles. The molecule has 0 spiro atoms. The monoisotopic (exact) mass is 757 g/mol. The number of nitrogens with two attached hydrogens (primary N) is 1. The Kier molecular flexibility index (Phi) is 16.0. The summed E-state index contributed by atoms with van der Waals surface area (Å²) in [5.74, 6) is -1.10. The molecule has 0 saturated carbocycles. The van der Waals surface area contributed by atoms with Crippen molar-refractivity contribution in [3.05, 3.63) is 106 Å². The van der Waals surface area contributed by atoms with Crippen molar-refractivity contribution in [1.29, 1.82) is 0 Å². The molecule has 292 valence electrons. The second-order valence-electron chi connectivity index (χ2n) is 12.7. The Bertz CT molecular complexity index is 1960. The van der Waals surface area contributed by atoms with Gasteiger partial charge in [-0.2, -0.15) is 0 Å². The lowest BCUT2D eigenvalue weighted by Gasteiger charge is -2.30. The Hall–Kier alpha value is -6.42. The molecule has 1 aromatic heterocycles. The predicted octanol–water partition coefficient (Wildman–Crippen LogP) is 4.26. The normalized spacial score (nSPS) is 13.9. The van der Waals surface area contributed by atoms with E-state index in [1.807, 2.05) is 37.3 Å². The summed E-state index contributed by atoms with van der Waals surface area (Å²) >= 11 is 0. The smallest absolute Gasteiger partial charge is 0.411 e. The molecule has 5 rings (SSSR count). The minimum atomic E-state index is -0.878. The van der Waals surface area contributed by atoms with E-state index in [0.717, 1.165) is 42.3 Å². The van der Waals surface area contributed by atoms with E-state index in [4.69, 9.17) is 19.6 Å². The number of carbonyl (C=O) groups is 5. The molecule has 2 heterocycles. The zero-order chi connectivity index (χ0) is 39.6. The van der Waals surface area contributed by atoms with E-state index >= 15 is 0 Å². The molecule has 55 heavy (non-hydrogen) atoms. The largest absolute Gasteiger partial charge is 0.445 e. The molecule has 8 N–H and O–H groups in total. The van der Waals surface area contributed by atoms with E-state index in [1.165, 1.54) is 6.07 Å². The number of carbonyl (C=O) groups excluding carboxylic acids is 5. The van der Waals surface area contributed by atoms with Crippen LogP contribution in [0.15, 0.2) is 88.1 Å². The van der Waals surface area contributed by atoms with Crippen LogP contribution in [0.25, 0.3) is 11.0 Å². The number of ether oxygens (including phenoxy) is 2. The van der Waals surface area contributed by atoms with Crippen LogP contribution in [0.3, 0.4) is 0 Å². The average Bonchev–Trinajstić information content (AvgIpc) is 3.18. The van der Waals surface area contributed by atoms with E-state index < -0.39 is 41.7 Å². The molecular weight excluding hydrogens is 710 g/mol. The maximum atomic E-state index is 13.1. The van der Waals surface area contributed by atoms with Crippen LogP contribution in [0, 0.1) is 12.8 Å². The number of rotatable bonds is 13. The number of hydrogen-bond acceptors (Lipinski definition) is 10. The van der Waals surface area contributed by atoms with Crippen molar-refractivity contribution in [3.63, 3.8) is 0 Å². The maximum absolute atomic E-state index is 13.1. The fourth-order valence-electron chi connectivity index (χ4n) is 5.57. The Morgan fingerprint density at radius 2 is 1.56 bits per heavy atom. The first kappa shape index (κ1) is 41.3. The van der Waals surface area contributed by atoms with Crippen LogP contribution in [0.4, 0.5) is 25.8 Å². The highest BCUT2D eigenvalue weighted by Gasteiger charge is 2.31. The van der Waals surface area contributed by atoms with Crippen molar-refractivity contribution < 1.29 is 37.9 Å². The third-order valence-corrected chi connectivity index (χ3v) is 8.35. The molecule has 0 bridgehead atoms. The van der Waals surface area contributed by atoms with Crippen LogP contribution >= 0.6 is 0 Å². The molecule has 3 aromatic carbocycles. The van der Waals surface area contributed by atoms with E-state index in [0.29, 0.717) is 35.6 Å². The van der Waals surface area contributed by atoms with Gasteiger partial charge in [-0.25, -0.2) is 19.2 Å². The van der Waals surface area contributed by atoms with Gasteiger partial charge >= 0.3 is 23.8 Å². The number of alkyl carbamates (subject to hydrolysis) is 1. The first-order chi connectivity index (χ1) is 26.5. The molecule has 1 aliphatic rings. The fourth-order valence-corrected chi connectivity index (χ4v) is 5.57. The molecule has 0 radical (unpaired) electrons. The third-order valence-electron chi connectivity index (χ3n) is 8.35. The van der Waals surface area contributed by atoms with Crippen LogP contribution in [0.1, 0.15) is 42.9 Å². The number of hydrogen-bond donors (Lipinski definition) is 7. The number of amides is 6. The van der Waals surface area contributed by atoms with Gasteiger partial charge in [0.15, 0.2) is 0 Å². The van der Waals surface area contributed by atoms with Crippen molar-refractivity contribution in [2.45, 2.75) is 52.4 Å². The van der Waals surface area contributed by atoms with Crippen LogP contribution in [0.2, 0.25) is 0 Å². The van der Waals surface area contributed by atoms with Crippen LogP contribution in [0.5, 0.6) is 0 Å². The lowest BCUT2D eigenvalue weighted by atomic mass is 9.91. The molecule has 1 saturated heterocycles. The number of fused-ring (bicyclic) bond motifs is 1. The number of anilines is 2. The van der Waals surface area contributed by atoms with E-state index in [9.17, 15) is 28.8 Å². The predicted molar refractivity (Wildman–Crippen MR) is 206 cm³/mol. The van der Waals surface area contributed by atoms with Crippen molar-refractivity contribution >= 4 is 52.4 Å². The molecular formula is C39H47N7O9. The Balaban J connectivity index is 0.000000876. The minimum Gasteiger partial charge on any atom is -0.445 e. The highest BCUT2D eigenvalue weighted by Crippen LogP contribution is 2.21. The van der Waals surface area contributed by atoms with E-state index in [1.54, 1.807) is 49.4 Å². The first-order valence-corrected chi connectivity index (χ1v) is 17.9. The third kappa shape index (κ3) is 14.2. The molecule has 1 fully saturated rings. The Morgan fingerprint density at radius 3 is 2.22 bits per heavy atom. The van der Waals surface area contributed by atoms with Crippen LogP contribution in [-0.4, -0.2) is 62.3 Å². The number of benzene rings is 3. The van der Waals surface area contributed by atoms with Gasteiger partial charge in [-0.3, -0.25) is 14.9 Å². The van der Waals surface area contributed by atoms with Gasteiger partial charge in [0.25, 0.3) is 0 Å². The Morgan fingerprint density at radius 1 is 0.873 bits per heavy atom. The van der Waals surface area contributed by atoms with Crippen molar-refractivity contribution in [1.82, 2.24) is 21.3 Å². The van der Waals surface area contributed by atoms with Gasteiger partial charge in [0, 0.05) is 47.9 Å². The topological polar surface area (TPSA) is 232 Å². The lowest BCUT2D eigenvalue weighted by Crippen LogP contribution is -2.55. The van der Waals surface area contributed by atoms with Gasteiger partial charge < -0.3 is 46.2 Å². The lowest BCUT2D eigenvalue weighted by molar-refractivity contribution is -0.126. The summed E-state index contributed by atoms with van der Waals surface area (Å²) in [5, 5.41) is 17.1. The maximum Gasteiger partial charge on any atom is 0.411 e. The fraction of sp³-hybridized carbons (Fsp3) is 0.333. The highest BCUT2D eigenvalue weighted by atomic mass is 16.6. The van der Waals surface area contributed by atoms with E-state index in [-0.39, 0.29) is 25.7 Å². The number of nitrogens with one attached hydrogen (secondary N) is 6. The summed E-state index contributed by atoms with van der Waals surface area (Å²) < 4.78 is 15.8. The zero-order valence-electron chi connectivity index (χ0n) is 30.8. The molecule has 6 amide bonds. The second kappa shape index (κ2) is 21.3. The highest BCUT2D eigenvalue weighted by molar-refractivity contribution is 5.96. The average molecular weight is 758 g/mol. The van der Waals surface area contributed by atoms with Crippen LogP contribution in [-0.2, 0) is 32.3 Å². The number of piperidine rings is 1. The summed E-state index contributed by atoms with van der Waals surface area (Å²) in [7, 11) is 0. The van der Waals surface area contributed by atoms with Gasteiger partial charge in [-0.05, 0) is 73.7 Å². The van der Waals surface area contributed by atoms with E-state index in [2.05, 4.69) is 31.9 Å². The SMILES string of the molecule is CCCNC(N)=O.Cc1cc(=O)oc2cc(NC(=O)OCc3ccc(NC(=O)CNC(=O)C(NC(=O)OCc4ccccc4)C4CCCNC4)cc3)ccc12. The molecule has 16 nitrogen and oxygen atoms in total. The second-order valence-corrected chi connectivity index (χ2v) is 12.7. The quantitative estimate of drug-likeness (QED) is 0.0958. The number of aryl methyl sites for hydroxylation is 1. The number of urea groups is 1. The zero-order valence-corrected chi connectivity index (χ0v) is 30.8. The Labute approximate surface area is 317 Å². The minimum absolute atomic E-state index is 0.0317. The van der Waals surface area contributed by atoms with Crippen molar-refractivity contribution in [3.8, 4) is 0 Å². The molecule has 2 unspecified atom stereocenters. The standard InChI is InChI=1S/C35H37N5O8.C4H10N2O/c1-22-16-31(42)48-29-17-27(13-14-28(22)29)39-34(44)46-21-24-9-11-26(12-10-24)38-30(41)19-37-33(43)32(25-8-5-15-36-18-25)40-35(45)47-20-23-6-3-2-4-7-23;1-2-3-6-4(5)7/h2-4,6-7,9-14,16-17,25,32,36H,5,8,15,18-21H2,1H3,(H,37,43)(H,38,41)(H,39,44)(H,40,45);2-3H2,1H3,(H3,5,6,7). The van der Waals surface area contributed by atoms with Crippen molar-refractivity contribution in [2.24, 2.45) is 11.7 Å². The molecule has 2 atom stereocenters. The summed E-state index contributed by atoms with van der Waals surface area (Å²) in [6.07, 6.45) is 1.11. The van der Waals surface area contributed by atoms with Gasteiger partial charge in [0.05, 0.1) is 6.54 Å². The number of primary amides is 1. The van der Waals surface area contributed by atoms with Crippen molar-refractivity contribution in [2.75, 3.05) is 36.8 Å². The molecule has 4 aromatic rings. The molecule has 16 heteroatoms. The van der Waals surface area contributed by atoms with Gasteiger partial charge in [-0.15, -0.1) is 0 Å².